The summed E-state index contributed by atoms with van der Waals surface area (Å²) >= 11 is 0. The molecule has 182 valence electrons. The van der Waals surface area contributed by atoms with Gasteiger partial charge < -0.3 is 19.2 Å². The lowest BCUT2D eigenvalue weighted by atomic mass is 10.1. The van der Waals surface area contributed by atoms with Crippen molar-refractivity contribution in [3.8, 4) is 0 Å². The second kappa shape index (κ2) is 10.0. The van der Waals surface area contributed by atoms with E-state index in [2.05, 4.69) is 10.3 Å². The lowest BCUT2D eigenvalue weighted by Crippen LogP contribution is -2.41. The second-order valence-electron chi connectivity index (χ2n) is 9.13. The van der Waals surface area contributed by atoms with Crippen LogP contribution in [0.15, 0.2) is 65.3 Å². The van der Waals surface area contributed by atoms with Gasteiger partial charge in [0.1, 0.15) is 12.3 Å². The molecule has 2 aliphatic carbocycles. The number of ether oxygens (including phenoxy) is 1. The summed E-state index contributed by atoms with van der Waals surface area (Å²) in [5.41, 5.74) is 3.25. The highest BCUT2D eigenvalue weighted by atomic mass is 16.5. The van der Waals surface area contributed by atoms with Crippen molar-refractivity contribution in [3.05, 3.63) is 89.1 Å². The molecular formula is C27H29N3O5. The number of aliphatic hydroxyl groups is 1. The number of hydrogen-bond donors (Lipinski definition) is 2. The number of amides is 1. The summed E-state index contributed by atoms with van der Waals surface area (Å²) in [6, 6.07) is 16.6. The van der Waals surface area contributed by atoms with Crippen LogP contribution in [0.5, 0.6) is 0 Å². The minimum Gasteiger partial charge on any atom is -0.468 e. The number of carbonyl (C=O) groups excluding carboxylic acids is 2. The number of oxazole rings is 1. The predicted octanol–water partition coefficient (Wildman–Crippen LogP) is 2.81. The number of methoxy groups -OCH3 is 1. The predicted molar refractivity (Wildman–Crippen MR) is 127 cm³/mol. The Bertz CT molecular complexity index is 1190. The van der Waals surface area contributed by atoms with Gasteiger partial charge in [-0.15, -0.1) is 0 Å². The number of aliphatic hydroxyl groups excluding tert-OH is 1. The Morgan fingerprint density at radius 2 is 1.91 bits per heavy atom. The van der Waals surface area contributed by atoms with Crippen molar-refractivity contribution < 1.29 is 23.8 Å². The molecule has 2 aliphatic rings. The smallest absolute Gasteiger partial charge is 0.323 e. The molecule has 1 fully saturated rings. The summed E-state index contributed by atoms with van der Waals surface area (Å²) in [6.45, 7) is 0.474. The fraction of sp³-hybridized carbons (Fsp3) is 0.370. The number of fused-ring (bicyclic) bond motifs is 1. The number of esters is 1. The Balaban J connectivity index is 1.32. The van der Waals surface area contributed by atoms with E-state index in [0.717, 1.165) is 29.5 Å². The van der Waals surface area contributed by atoms with Crippen molar-refractivity contribution in [1.29, 1.82) is 0 Å². The van der Waals surface area contributed by atoms with E-state index in [0.29, 0.717) is 13.0 Å². The van der Waals surface area contributed by atoms with Crippen molar-refractivity contribution >= 4 is 11.9 Å². The van der Waals surface area contributed by atoms with Crippen molar-refractivity contribution in [2.24, 2.45) is 0 Å². The van der Waals surface area contributed by atoms with Crippen LogP contribution in [0.1, 0.15) is 52.0 Å². The van der Waals surface area contributed by atoms with E-state index in [1.54, 1.807) is 4.90 Å². The van der Waals surface area contributed by atoms with Crippen LogP contribution in [0.3, 0.4) is 0 Å². The van der Waals surface area contributed by atoms with Crippen molar-refractivity contribution in [1.82, 2.24) is 15.2 Å². The average Bonchev–Trinajstić information content (AvgIpc) is 3.51. The normalized spacial score (nSPS) is 19.7. The fourth-order valence-corrected chi connectivity index (χ4v) is 4.79. The number of rotatable bonds is 9. The topological polar surface area (TPSA) is 105 Å². The third kappa shape index (κ3) is 4.99. The molecule has 0 bridgehead atoms. The molecule has 1 aromatic heterocycles. The van der Waals surface area contributed by atoms with Crippen LogP contribution in [0.2, 0.25) is 0 Å². The first-order chi connectivity index (χ1) is 17.0. The highest BCUT2D eigenvalue weighted by molar-refractivity contribution is 5.93. The maximum absolute atomic E-state index is 13.6. The van der Waals surface area contributed by atoms with Gasteiger partial charge in [-0.2, -0.15) is 0 Å². The Kier molecular flexibility index (Phi) is 6.66. The first-order valence-corrected chi connectivity index (χ1v) is 11.9. The Morgan fingerprint density at radius 3 is 2.66 bits per heavy atom. The monoisotopic (exact) mass is 475 g/mol. The standard InChI is InChI=1S/C27H29N3O5/c1-34-27(33)21(28-15-17-7-3-2-4-8-17)14-24-29-22(16-35-24)26(32)30(19-11-12-19)25-20-10-6-5-9-18(20)13-23(25)31/h2-10,16,19,21,23,25,28,31H,11-15H2,1H3. The van der Waals surface area contributed by atoms with Gasteiger partial charge in [0, 0.05) is 19.0 Å². The molecule has 3 atom stereocenters. The SMILES string of the molecule is COC(=O)C(Cc1nc(C(=O)N(C2CC2)C2c3ccccc3CC2O)co1)NCc1ccccc1. The second-order valence-corrected chi connectivity index (χ2v) is 9.13. The van der Waals surface area contributed by atoms with Crippen molar-refractivity contribution in [2.45, 2.75) is 56.5 Å². The number of carbonyl (C=O) groups is 2. The lowest BCUT2D eigenvalue weighted by Gasteiger charge is -2.31. The Labute approximate surface area is 203 Å². The van der Waals surface area contributed by atoms with E-state index in [-0.39, 0.29) is 30.0 Å². The molecule has 5 rings (SSSR count). The summed E-state index contributed by atoms with van der Waals surface area (Å²) < 4.78 is 10.5. The molecule has 35 heavy (non-hydrogen) atoms. The third-order valence-electron chi connectivity index (χ3n) is 6.67. The zero-order chi connectivity index (χ0) is 24.4. The first-order valence-electron chi connectivity index (χ1n) is 11.9. The maximum Gasteiger partial charge on any atom is 0.323 e. The summed E-state index contributed by atoms with van der Waals surface area (Å²) in [4.78, 5) is 32.1. The molecule has 1 heterocycles. The molecule has 0 aliphatic heterocycles. The van der Waals surface area contributed by atoms with Crippen LogP contribution in [0.4, 0.5) is 0 Å². The summed E-state index contributed by atoms with van der Waals surface area (Å²) in [6.07, 6.45) is 3.14. The number of benzene rings is 2. The maximum atomic E-state index is 13.6. The first kappa shape index (κ1) is 23.3. The van der Waals surface area contributed by atoms with Crippen molar-refractivity contribution in [2.75, 3.05) is 7.11 Å². The summed E-state index contributed by atoms with van der Waals surface area (Å²) in [5, 5.41) is 14.0. The molecule has 3 unspecified atom stereocenters. The van der Waals surface area contributed by atoms with Crippen LogP contribution in [-0.4, -0.2) is 52.2 Å². The Morgan fingerprint density at radius 1 is 1.17 bits per heavy atom. The van der Waals surface area contributed by atoms with Gasteiger partial charge in [-0.05, 0) is 29.5 Å². The van der Waals surface area contributed by atoms with Gasteiger partial charge in [-0.3, -0.25) is 14.9 Å². The van der Waals surface area contributed by atoms with Gasteiger partial charge in [0.15, 0.2) is 11.6 Å². The number of nitrogens with zero attached hydrogens (tertiary/aromatic N) is 2. The molecule has 2 N–H and O–H groups in total. The van der Waals surface area contributed by atoms with Crippen LogP contribution >= 0.6 is 0 Å². The molecular weight excluding hydrogens is 446 g/mol. The molecule has 8 heteroatoms. The number of hydrogen-bond acceptors (Lipinski definition) is 7. The van der Waals surface area contributed by atoms with Crippen LogP contribution in [-0.2, 0) is 28.9 Å². The summed E-state index contributed by atoms with van der Waals surface area (Å²) in [5.74, 6) is -0.431. The van der Waals surface area contributed by atoms with Gasteiger partial charge in [0.25, 0.3) is 5.91 Å². The van der Waals surface area contributed by atoms with Gasteiger partial charge >= 0.3 is 5.97 Å². The van der Waals surface area contributed by atoms with E-state index in [9.17, 15) is 14.7 Å². The van der Waals surface area contributed by atoms with Gasteiger partial charge in [0.2, 0.25) is 0 Å². The minimum atomic E-state index is -0.676. The third-order valence-corrected chi connectivity index (χ3v) is 6.67. The quantitative estimate of drug-likeness (QED) is 0.459. The van der Waals surface area contributed by atoms with Crippen LogP contribution in [0.25, 0.3) is 0 Å². The zero-order valence-corrected chi connectivity index (χ0v) is 19.6. The Hall–Kier alpha value is -3.49. The fourth-order valence-electron chi connectivity index (χ4n) is 4.79. The molecule has 0 saturated heterocycles. The van der Waals surface area contributed by atoms with Gasteiger partial charge in [0.05, 0.1) is 25.7 Å². The molecule has 1 amide bonds. The van der Waals surface area contributed by atoms with Crippen molar-refractivity contribution in [3.63, 3.8) is 0 Å². The molecule has 8 nitrogen and oxygen atoms in total. The molecule has 1 saturated carbocycles. The van der Waals surface area contributed by atoms with Crippen LogP contribution in [0, 0.1) is 0 Å². The van der Waals surface area contributed by atoms with E-state index < -0.39 is 24.2 Å². The zero-order valence-electron chi connectivity index (χ0n) is 19.6. The van der Waals surface area contributed by atoms with Gasteiger partial charge in [-0.1, -0.05) is 54.6 Å². The summed E-state index contributed by atoms with van der Waals surface area (Å²) in [7, 11) is 1.34. The highest BCUT2D eigenvalue weighted by Gasteiger charge is 2.45. The highest BCUT2D eigenvalue weighted by Crippen LogP contribution is 2.42. The van der Waals surface area contributed by atoms with Crippen LogP contribution < -0.4 is 5.32 Å². The molecule has 0 radical (unpaired) electrons. The van der Waals surface area contributed by atoms with E-state index in [1.807, 2.05) is 54.6 Å². The molecule has 3 aromatic rings. The van der Waals surface area contributed by atoms with Gasteiger partial charge in [-0.25, -0.2) is 4.98 Å². The number of aromatic nitrogens is 1. The van der Waals surface area contributed by atoms with E-state index in [4.69, 9.17) is 9.15 Å². The minimum absolute atomic E-state index is 0.0730. The largest absolute Gasteiger partial charge is 0.468 e. The molecule has 2 aromatic carbocycles. The van der Waals surface area contributed by atoms with E-state index in [1.165, 1.54) is 13.4 Å². The van der Waals surface area contributed by atoms with E-state index >= 15 is 0 Å². The molecule has 0 spiro atoms. The number of nitrogens with one attached hydrogen (secondary N) is 1. The lowest BCUT2D eigenvalue weighted by molar-refractivity contribution is -0.143. The average molecular weight is 476 g/mol.